The summed E-state index contributed by atoms with van der Waals surface area (Å²) in [6.07, 6.45) is -0.0169. The molecule has 0 amide bonds. The Morgan fingerprint density at radius 3 is 2.68 bits per heavy atom. The van der Waals surface area contributed by atoms with E-state index in [2.05, 4.69) is 9.55 Å². The maximum Gasteiger partial charge on any atom is 0.127 e. The molecule has 19 heavy (non-hydrogen) atoms. The molecule has 2 aromatic rings. The summed E-state index contributed by atoms with van der Waals surface area (Å²) in [6.45, 7) is 3.15. The minimum absolute atomic E-state index is 0.0169. The Kier molecular flexibility index (Phi) is 4.80. The smallest absolute Gasteiger partial charge is 0.127 e. The van der Waals surface area contributed by atoms with Crippen molar-refractivity contribution in [3.8, 4) is 0 Å². The molecule has 0 N–H and O–H groups in total. The molecule has 4 nitrogen and oxygen atoms in total. The lowest BCUT2D eigenvalue weighted by Crippen LogP contribution is -2.24. The van der Waals surface area contributed by atoms with Gasteiger partial charge in [-0.2, -0.15) is 0 Å². The first-order valence-electron chi connectivity index (χ1n) is 6.28. The van der Waals surface area contributed by atoms with Gasteiger partial charge in [0.25, 0.3) is 0 Å². The fourth-order valence-electron chi connectivity index (χ4n) is 2.17. The molecule has 0 radical (unpaired) electrons. The van der Waals surface area contributed by atoms with Gasteiger partial charge in [-0.25, -0.2) is 4.98 Å². The number of hydrogen-bond donors (Lipinski definition) is 0. The third-order valence-electron chi connectivity index (χ3n) is 3.11. The normalized spacial score (nSPS) is 14.7. The van der Waals surface area contributed by atoms with Crippen molar-refractivity contribution in [2.75, 3.05) is 20.8 Å². The van der Waals surface area contributed by atoms with Gasteiger partial charge >= 0.3 is 0 Å². The zero-order valence-corrected chi connectivity index (χ0v) is 12.2. The van der Waals surface area contributed by atoms with Crippen LogP contribution < -0.4 is 0 Å². The van der Waals surface area contributed by atoms with Crippen molar-refractivity contribution >= 4 is 22.6 Å². The van der Waals surface area contributed by atoms with Crippen LogP contribution >= 0.6 is 11.6 Å². The molecule has 5 heteroatoms. The van der Waals surface area contributed by atoms with E-state index in [0.29, 0.717) is 13.2 Å². The van der Waals surface area contributed by atoms with Gasteiger partial charge in [0, 0.05) is 14.2 Å². The molecular formula is C14H19ClN2O2. The fourth-order valence-corrected chi connectivity index (χ4v) is 2.34. The number of fused-ring (bicyclic) bond motifs is 1. The van der Waals surface area contributed by atoms with Crippen molar-refractivity contribution in [3.63, 3.8) is 0 Å². The molecule has 104 valence electrons. The first-order chi connectivity index (χ1) is 9.17. The van der Waals surface area contributed by atoms with Crippen molar-refractivity contribution in [2.45, 2.75) is 24.9 Å². The number of aromatic nitrogens is 2. The fraction of sp³-hybridized carbons (Fsp3) is 0.500. The number of hydrogen-bond acceptors (Lipinski definition) is 3. The zero-order chi connectivity index (χ0) is 13.8. The molecule has 2 atom stereocenters. The van der Waals surface area contributed by atoms with Gasteiger partial charge < -0.3 is 14.0 Å². The number of benzene rings is 1. The molecule has 1 aromatic carbocycles. The van der Waals surface area contributed by atoms with Gasteiger partial charge in [0.15, 0.2) is 0 Å². The monoisotopic (exact) mass is 282 g/mol. The van der Waals surface area contributed by atoms with Crippen LogP contribution in [-0.4, -0.2) is 36.5 Å². The van der Waals surface area contributed by atoms with Crippen LogP contribution in [0.15, 0.2) is 24.3 Å². The van der Waals surface area contributed by atoms with Crippen molar-refractivity contribution < 1.29 is 9.47 Å². The summed E-state index contributed by atoms with van der Waals surface area (Å²) >= 11 is 6.23. The zero-order valence-electron chi connectivity index (χ0n) is 11.5. The predicted octanol–water partition coefficient (Wildman–Crippen LogP) is 3.00. The third kappa shape index (κ3) is 3.08. The van der Waals surface area contributed by atoms with Gasteiger partial charge in [0.1, 0.15) is 5.82 Å². The third-order valence-corrected chi connectivity index (χ3v) is 3.31. The van der Waals surface area contributed by atoms with Crippen molar-refractivity contribution in [3.05, 3.63) is 30.1 Å². The van der Waals surface area contributed by atoms with Crippen LogP contribution in [0.1, 0.15) is 18.1 Å². The molecule has 0 aliphatic rings. The lowest BCUT2D eigenvalue weighted by atomic mass is 10.3. The van der Waals surface area contributed by atoms with E-state index in [1.54, 1.807) is 14.2 Å². The molecule has 0 fully saturated rings. The lowest BCUT2D eigenvalue weighted by Gasteiger charge is -2.18. The van der Waals surface area contributed by atoms with Crippen LogP contribution in [-0.2, 0) is 16.0 Å². The lowest BCUT2D eigenvalue weighted by molar-refractivity contribution is 0.0185. The second-order valence-electron chi connectivity index (χ2n) is 4.50. The summed E-state index contributed by atoms with van der Waals surface area (Å²) in [4.78, 5) is 4.59. The van der Waals surface area contributed by atoms with E-state index in [0.717, 1.165) is 16.9 Å². The van der Waals surface area contributed by atoms with Crippen LogP contribution in [0.25, 0.3) is 11.0 Å². The Balaban J connectivity index is 2.41. The maximum absolute atomic E-state index is 6.23. The van der Waals surface area contributed by atoms with Gasteiger partial charge in [0.05, 0.1) is 35.7 Å². The Morgan fingerprint density at radius 1 is 1.32 bits per heavy atom. The number of halogens is 1. The van der Waals surface area contributed by atoms with Crippen LogP contribution in [0.5, 0.6) is 0 Å². The maximum atomic E-state index is 6.23. The Morgan fingerprint density at radius 2 is 2.05 bits per heavy atom. The van der Waals surface area contributed by atoms with Crippen LogP contribution in [0.4, 0.5) is 0 Å². The summed E-state index contributed by atoms with van der Waals surface area (Å²) in [5, 5.41) is -0.146. The highest BCUT2D eigenvalue weighted by molar-refractivity contribution is 6.20. The van der Waals surface area contributed by atoms with Crippen molar-refractivity contribution in [1.29, 1.82) is 0 Å². The minimum Gasteiger partial charge on any atom is -0.382 e. The van der Waals surface area contributed by atoms with E-state index in [1.165, 1.54) is 0 Å². The van der Waals surface area contributed by atoms with Gasteiger partial charge in [-0.3, -0.25) is 0 Å². The average molecular weight is 283 g/mol. The highest BCUT2D eigenvalue weighted by atomic mass is 35.5. The molecule has 1 heterocycles. The Hall–Kier alpha value is -1.10. The molecule has 0 saturated carbocycles. The summed E-state index contributed by atoms with van der Waals surface area (Å²) in [5.41, 5.74) is 2.03. The summed E-state index contributed by atoms with van der Waals surface area (Å²) in [7, 11) is 3.36. The number of alkyl halides is 1. The second-order valence-corrected chi connectivity index (χ2v) is 5.15. The number of ether oxygens (including phenoxy) is 2. The predicted molar refractivity (Wildman–Crippen MR) is 76.7 cm³/mol. The number of para-hydroxylation sites is 2. The second kappa shape index (κ2) is 6.37. The summed E-state index contributed by atoms with van der Waals surface area (Å²) in [6, 6.07) is 8.02. The molecule has 2 rings (SSSR count). The van der Waals surface area contributed by atoms with Gasteiger partial charge in [-0.05, 0) is 19.1 Å². The van der Waals surface area contributed by atoms with E-state index in [1.807, 2.05) is 31.2 Å². The summed E-state index contributed by atoms with van der Waals surface area (Å²) < 4.78 is 12.7. The van der Waals surface area contributed by atoms with Crippen LogP contribution in [0.2, 0.25) is 0 Å². The van der Waals surface area contributed by atoms with E-state index in [-0.39, 0.29) is 11.5 Å². The Labute approximate surface area is 118 Å². The van der Waals surface area contributed by atoms with E-state index in [9.17, 15) is 0 Å². The quantitative estimate of drug-likeness (QED) is 0.764. The van der Waals surface area contributed by atoms with Gasteiger partial charge in [-0.15, -0.1) is 11.6 Å². The first-order valence-corrected chi connectivity index (χ1v) is 6.72. The van der Waals surface area contributed by atoms with Crippen LogP contribution in [0.3, 0.4) is 0 Å². The largest absolute Gasteiger partial charge is 0.382 e. The Bertz CT molecular complexity index is 539. The van der Waals surface area contributed by atoms with Crippen molar-refractivity contribution in [1.82, 2.24) is 9.55 Å². The average Bonchev–Trinajstić information content (AvgIpc) is 2.77. The number of nitrogens with zero attached hydrogens (tertiary/aromatic N) is 2. The number of imidazole rings is 1. The molecule has 0 aliphatic heterocycles. The molecule has 0 saturated heterocycles. The van der Waals surface area contributed by atoms with Crippen LogP contribution in [0, 0.1) is 0 Å². The minimum atomic E-state index is -0.146. The van der Waals surface area contributed by atoms with Gasteiger partial charge in [-0.1, -0.05) is 12.1 Å². The molecule has 0 spiro atoms. The highest BCUT2D eigenvalue weighted by Crippen LogP contribution is 2.25. The SMILES string of the molecule is COCC(Cn1c(C(C)Cl)nc2ccccc21)OC. The molecular weight excluding hydrogens is 264 g/mol. The topological polar surface area (TPSA) is 36.3 Å². The van der Waals surface area contributed by atoms with E-state index < -0.39 is 0 Å². The number of methoxy groups -OCH3 is 2. The molecule has 1 aromatic heterocycles. The van der Waals surface area contributed by atoms with E-state index >= 15 is 0 Å². The molecule has 0 bridgehead atoms. The van der Waals surface area contributed by atoms with Gasteiger partial charge in [0.2, 0.25) is 0 Å². The van der Waals surface area contributed by atoms with E-state index in [4.69, 9.17) is 21.1 Å². The molecule has 2 unspecified atom stereocenters. The molecule has 0 aliphatic carbocycles. The van der Waals surface area contributed by atoms with Crippen molar-refractivity contribution in [2.24, 2.45) is 0 Å². The highest BCUT2D eigenvalue weighted by Gasteiger charge is 2.18. The summed E-state index contributed by atoms with van der Waals surface area (Å²) in [5.74, 6) is 0.862. The standard InChI is InChI=1S/C14H19ClN2O2/c1-10(15)14-16-12-6-4-5-7-13(12)17(14)8-11(19-3)9-18-2/h4-7,10-11H,8-9H2,1-3H3. The number of rotatable bonds is 6. The first kappa shape index (κ1) is 14.3.